The van der Waals surface area contributed by atoms with Gasteiger partial charge >= 0.3 is 5.69 Å². The second-order valence-corrected chi connectivity index (χ2v) is 4.22. The maximum Gasteiger partial charge on any atom is 0.332 e. The van der Waals surface area contributed by atoms with E-state index in [1.54, 1.807) is 30.2 Å². The standard InChI is InChI=1S/C13H12N4O2/c1-16-5-6-17(13(16)18)10-4-2-3-9(7-10)11-8-15-19-12(11)14/h2-8H,14H2,1H3. The third-order valence-electron chi connectivity index (χ3n) is 2.98. The normalized spacial score (nSPS) is 10.8. The minimum Gasteiger partial charge on any atom is -0.367 e. The number of rotatable bonds is 2. The van der Waals surface area contributed by atoms with Crippen LogP contribution < -0.4 is 11.4 Å². The minimum atomic E-state index is -0.101. The Kier molecular flexibility index (Phi) is 2.49. The molecule has 2 aromatic heterocycles. The smallest absolute Gasteiger partial charge is 0.332 e. The highest BCUT2D eigenvalue weighted by Crippen LogP contribution is 2.26. The number of nitrogens with zero attached hydrogens (tertiary/aromatic N) is 3. The van der Waals surface area contributed by atoms with Gasteiger partial charge in [0.25, 0.3) is 0 Å². The van der Waals surface area contributed by atoms with Gasteiger partial charge in [-0.1, -0.05) is 17.3 Å². The van der Waals surface area contributed by atoms with Crippen molar-refractivity contribution in [2.45, 2.75) is 0 Å². The lowest BCUT2D eigenvalue weighted by atomic mass is 10.1. The molecule has 0 aliphatic rings. The average Bonchev–Trinajstić information content (AvgIpc) is 2.98. The van der Waals surface area contributed by atoms with Crippen molar-refractivity contribution in [2.75, 3.05) is 5.73 Å². The van der Waals surface area contributed by atoms with Crippen LogP contribution in [0.3, 0.4) is 0 Å². The molecule has 6 nitrogen and oxygen atoms in total. The van der Waals surface area contributed by atoms with E-state index in [0.29, 0.717) is 5.56 Å². The van der Waals surface area contributed by atoms with Crippen LogP contribution in [0, 0.1) is 0 Å². The van der Waals surface area contributed by atoms with Crippen molar-refractivity contribution in [1.82, 2.24) is 14.3 Å². The first-order chi connectivity index (χ1) is 9.16. The molecule has 96 valence electrons. The molecule has 0 fully saturated rings. The van der Waals surface area contributed by atoms with Gasteiger partial charge in [0.1, 0.15) is 0 Å². The van der Waals surface area contributed by atoms with Crippen LogP contribution in [0.15, 0.2) is 52.2 Å². The Hall–Kier alpha value is -2.76. The Morgan fingerprint density at radius 3 is 2.79 bits per heavy atom. The van der Waals surface area contributed by atoms with Gasteiger partial charge in [-0.25, -0.2) is 4.79 Å². The van der Waals surface area contributed by atoms with E-state index in [1.165, 1.54) is 4.57 Å². The van der Waals surface area contributed by atoms with E-state index in [1.807, 2.05) is 24.3 Å². The SMILES string of the molecule is Cn1ccn(-c2cccc(-c3cnoc3N)c2)c1=O. The quantitative estimate of drug-likeness (QED) is 0.752. The molecule has 2 heterocycles. The molecular weight excluding hydrogens is 244 g/mol. The zero-order chi connectivity index (χ0) is 13.4. The minimum absolute atomic E-state index is 0.101. The molecule has 19 heavy (non-hydrogen) atoms. The predicted octanol–water partition coefficient (Wildman–Crippen LogP) is 1.41. The van der Waals surface area contributed by atoms with Crippen molar-refractivity contribution < 1.29 is 4.52 Å². The lowest BCUT2D eigenvalue weighted by Gasteiger charge is -2.04. The summed E-state index contributed by atoms with van der Waals surface area (Å²) in [7, 11) is 1.71. The molecule has 0 amide bonds. The monoisotopic (exact) mass is 256 g/mol. The summed E-state index contributed by atoms with van der Waals surface area (Å²) in [5.74, 6) is 0.262. The van der Waals surface area contributed by atoms with Gasteiger partial charge < -0.3 is 14.8 Å². The van der Waals surface area contributed by atoms with Crippen LogP contribution in [0.1, 0.15) is 0 Å². The third-order valence-corrected chi connectivity index (χ3v) is 2.98. The Balaban J connectivity index is 2.13. The van der Waals surface area contributed by atoms with Crippen molar-refractivity contribution in [2.24, 2.45) is 7.05 Å². The maximum absolute atomic E-state index is 11.9. The van der Waals surface area contributed by atoms with Gasteiger partial charge in [-0.15, -0.1) is 0 Å². The molecule has 6 heteroatoms. The van der Waals surface area contributed by atoms with Crippen LogP contribution in [0.4, 0.5) is 5.88 Å². The van der Waals surface area contributed by atoms with Crippen LogP contribution >= 0.6 is 0 Å². The zero-order valence-electron chi connectivity index (χ0n) is 10.3. The van der Waals surface area contributed by atoms with E-state index < -0.39 is 0 Å². The Morgan fingerprint density at radius 1 is 1.32 bits per heavy atom. The summed E-state index contributed by atoms with van der Waals surface area (Å²) in [6, 6.07) is 7.47. The number of anilines is 1. The average molecular weight is 256 g/mol. The van der Waals surface area contributed by atoms with Gasteiger partial charge in [-0.2, -0.15) is 0 Å². The topological polar surface area (TPSA) is 79.0 Å². The number of hydrogen-bond acceptors (Lipinski definition) is 4. The first-order valence-electron chi connectivity index (χ1n) is 5.72. The van der Waals surface area contributed by atoms with Gasteiger partial charge in [-0.05, 0) is 17.7 Å². The highest BCUT2D eigenvalue weighted by molar-refractivity contribution is 5.73. The van der Waals surface area contributed by atoms with E-state index in [4.69, 9.17) is 10.3 Å². The number of imidazole rings is 1. The van der Waals surface area contributed by atoms with Crippen LogP contribution in [0.25, 0.3) is 16.8 Å². The number of nitrogen functional groups attached to an aromatic ring is 1. The van der Waals surface area contributed by atoms with Crippen molar-refractivity contribution in [1.29, 1.82) is 0 Å². The molecule has 3 aromatic rings. The molecule has 0 spiro atoms. The van der Waals surface area contributed by atoms with E-state index in [2.05, 4.69) is 5.16 Å². The van der Waals surface area contributed by atoms with Gasteiger partial charge in [0.2, 0.25) is 5.88 Å². The van der Waals surface area contributed by atoms with E-state index in [9.17, 15) is 4.79 Å². The summed E-state index contributed by atoms with van der Waals surface area (Å²) in [6.45, 7) is 0. The number of benzene rings is 1. The van der Waals surface area contributed by atoms with Crippen LogP contribution in [0.5, 0.6) is 0 Å². The molecule has 2 N–H and O–H groups in total. The Labute approximate surface area is 108 Å². The molecule has 0 saturated heterocycles. The van der Waals surface area contributed by atoms with Gasteiger partial charge in [-0.3, -0.25) is 4.57 Å². The van der Waals surface area contributed by atoms with Gasteiger partial charge in [0, 0.05) is 19.4 Å². The fourth-order valence-corrected chi connectivity index (χ4v) is 1.95. The highest BCUT2D eigenvalue weighted by Gasteiger charge is 2.09. The van der Waals surface area contributed by atoms with Crippen molar-refractivity contribution in [3.05, 3.63) is 53.3 Å². The molecule has 0 bridgehead atoms. The van der Waals surface area contributed by atoms with E-state index in [-0.39, 0.29) is 11.6 Å². The number of hydrogen-bond donors (Lipinski definition) is 1. The summed E-state index contributed by atoms with van der Waals surface area (Å²) >= 11 is 0. The molecule has 0 saturated carbocycles. The molecule has 0 aliphatic heterocycles. The Bertz CT molecular complexity index is 782. The molecule has 0 radical (unpaired) electrons. The second-order valence-electron chi connectivity index (χ2n) is 4.22. The first-order valence-corrected chi connectivity index (χ1v) is 5.72. The first kappa shape index (κ1) is 11.3. The fourth-order valence-electron chi connectivity index (χ4n) is 1.95. The van der Waals surface area contributed by atoms with Crippen LogP contribution in [0.2, 0.25) is 0 Å². The zero-order valence-corrected chi connectivity index (χ0v) is 10.3. The van der Waals surface area contributed by atoms with E-state index in [0.717, 1.165) is 11.3 Å². The van der Waals surface area contributed by atoms with E-state index >= 15 is 0 Å². The maximum atomic E-state index is 11.9. The molecule has 0 aliphatic carbocycles. The summed E-state index contributed by atoms with van der Waals surface area (Å²) in [5, 5.41) is 3.65. The molecule has 0 atom stereocenters. The van der Waals surface area contributed by atoms with Crippen LogP contribution in [-0.4, -0.2) is 14.3 Å². The molecule has 0 unspecified atom stereocenters. The van der Waals surface area contributed by atoms with Gasteiger partial charge in [0.15, 0.2) is 0 Å². The molecule has 1 aromatic carbocycles. The number of aryl methyl sites for hydroxylation is 1. The lowest BCUT2D eigenvalue weighted by Crippen LogP contribution is -2.20. The van der Waals surface area contributed by atoms with Crippen molar-refractivity contribution in [3.8, 4) is 16.8 Å². The number of aromatic nitrogens is 3. The summed E-state index contributed by atoms with van der Waals surface area (Å²) < 4.78 is 7.92. The third kappa shape index (κ3) is 1.83. The summed E-state index contributed by atoms with van der Waals surface area (Å²) in [4.78, 5) is 11.9. The molecular formula is C13H12N4O2. The fraction of sp³-hybridized carbons (Fsp3) is 0.0769. The van der Waals surface area contributed by atoms with Crippen molar-refractivity contribution >= 4 is 5.88 Å². The van der Waals surface area contributed by atoms with Crippen molar-refractivity contribution in [3.63, 3.8) is 0 Å². The van der Waals surface area contributed by atoms with Gasteiger partial charge in [0.05, 0.1) is 17.4 Å². The van der Waals surface area contributed by atoms with Crippen LogP contribution in [-0.2, 0) is 7.05 Å². The second kappa shape index (κ2) is 4.16. The summed E-state index contributed by atoms with van der Waals surface area (Å²) in [6.07, 6.45) is 4.99. The Morgan fingerprint density at radius 2 is 2.16 bits per heavy atom. The number of nitrogens with two attached hydrogens (primary N) is 1. The predicted molar refractivity (Wildman–Crippen MR) is 70.9 cm³/mol. The molecule has 3 rings (SSSR count). The summed E-state index contributed by atoms with van der Waals surface area (Å²) in [5.41, 5.74) is 7.93. The largest absolute Gasteiger partial charge is 0.367 e. The lowest BCUT2D eigenvalue weighted by molar-refractivity contribution is 0.436. The highest BCUT2D eigenvalue weighted by atomic mass is 16.5.